The van der Waals surface area contributed by atoms with Gasteiger partial charge in [-0.25, -0.2) is 0 Å². The molecule has 3 atom stereocenters. The first-order chi connectivity index (χ1) is 5.29. The number of aliphatic hydroxyl groups excluding tert-OH is 1. The number of hydrogen-bond donors (Lipinski definition) is 2. The Labute approximate surface area is 67.4 Å². The summed E-state index contributed by atoms with van der Waals surface area (Å²) in [7, 11) is 0. The summed E-state index contributed by atoms with van der Waals surface area (Å²) in [6.45, 7) is 6.12. The monoisotopic (exact) mass is 155 g/mol. The van der Waals surface area contributed by atoms with Gasteiger partial charge in [-0.1, -0.05) is 0 Å². The van der Waals surface area contributed by atoms with Crippen molar-refractivity contribution in [2.45, 2.75) is 25.6 Å². The Morgan fingerprint density at radius 2 is 2.45 bits per heavy atom. The van der Waals surface area contributed by atoms with E-state index in [0.717, 1.165) is 25.4 Å². The van der Waals surface area contributed by atoms with Gasteiger partial charge in [0.25, 0.3) is 0 Å². The number of fused-ring (bicyclic) bond motifs is 1. The lowest BCUT2D eigenvalue weighted by molar-refractivity contribution is 0.0264. The number of nitrogens with zero attached hydrogens (tertiary/aromatic N) is 1. The molecule has 0 aromatic carbocycles. The van der Waals surface area contributed by atoms with Crippen LogP contribution in [-0.2, 0) is 0 Å². The minimum absolute atomic E-state index is 0.315. The summed E-state index contributed by atoms with van der Waals surface area (Å²) in [5.74, 6) is 0.740. The first-order valence-corrected chi connectivity index (χ1v) is 4.28. The Morgan fingerprint density at radius 1 is 1.64 bits per heavy atom. The highest BCUT2D eigenvalue weighted by Gasteiger charge is 2.39. The largest absolute Gasteiger partial charge is 0.379 e. The minimum Gasteiger partial charge on any atom is -0.379 e. The molecule has 2 fully saturated rings. The molecular formula is C8H15N2O. The van der Waals surface area contributed by atoms with Gasteiger partial charge in [0.05, 0.1) is 0 Å². The molecule has 0 aromatic heterocycles. The third-order valence-corrected chi connectivity index (χ3v) is 2.74. The Kier molecular flexibility index (Phi) is 1.87. The summed E-state index contributed by atoms with van der Waals surface area (Å²) in [5, 5.41) is 12.7. The molecule has 0 spiro atoms. The predicted octanol–water partition coefficient (Wildman–Crippen LogP) is -0.220. The maximum absolute atomic E-state index is 9.37. The zero-order valence-corrected chi connectivity index (χ0v) is 6.83. The summed E-state index contributed by atoms with van der Waals surface area (Å²) >= 11 is 0. The van der Waals surface area contributed by atoms with E-state index in [2.05, 4.69) is 16.8 Å². The van der Waals surface area contributed by atoms with Gasteiger partial charge in [0, 0.05) is 19.1 Å². The molecule has 0 amide bonds. The van der Waals surface area contributed by atoms with Crippen LogP contribution in [0.25, 0.3) is 0 Å². The van der Waals surface area contributed by atoms with Crippen LogP contribution >= 0.6 is 0 Å². The van der Waals surface area contributed by atoms with Gasteiger partial charge < -0.3 is 10.4 Å². The quantitative estimate of drug-likeness (QED) is 0.549. The van der Waals surface area contributed by atoms with Crippen molar-refractivity contribution in [2.75, 3.05) is 13.1 Å². The molecule has 1 radical (unpaired) electrons. The molecule has 0 aliphatic carbocycles. The Morgan fingerprint density at radius 3 is 3.18 bits per heavy atom. The van der Waals surface area contributed by atoms with E-state index >= 15 is 0 Å². The molecule has 0 saturated carbocycles. The van der Waals surface area contributed by atoms with E-state index in [1.807, 2.05) is 6.92 Å². The predicted molar refractivity (Wildman–Crippen MR) is 42.6 cm³/mol. The highest BCUT2D eigenvalue weighted by Crippen LogP contribution is 2.30. The molecule has 2 heterocycles. The van der Waals surface area contributed by atoms with Crippen molar-refractivity contribution in [3.8, 4) is 0 Å². The van der Waals surface area contributed by atoms with Crippen molar-refractivity contribution in [1.29, 1.82) is 0 Å². The zero-order chi connectivity index (χ0) is 7.84. The van der Waals surface area contributed by atoms with Crippen LogP contribution in [0.2, 0.25) is 0 Å². The van der Waals surface area contributed by atoms with E-state index in [0.29, 0.717) is 6.04 Å². The van der Waals surface area contributed by atoms with Crippen LogP contribution in [0.1, 0.15) is 13.3 Å². The lowest BCUT2D eigenvalue weighted by atomic mass is 10.1. The fourth-order valence-electron chi connectivity index (χ4n) is 2.13. The second-order valence-corrected chi connectivity index (χ2v) is 3.48. The Balaban J connectivity index is 2.03. The summed E-state index contributed by atoms with van der Waals surface area (Å²) < 4.78 is 0. The average Bonchev–Trinajstić information content (AvgIpc) is 2.41. The molecular weight excluding hydrogens is 140 g/mol. The molecule has 3 heteroatoms. The smallest absolute Gasteiger partial charge is 0.105 e. The van der Waals surface area contributed by atoms with Gasteiger partial charge in [-0.2, -0.15) is 0 Å². The molecule has 2 N–H and O–H groups in total. The van der Waals surface area contributed by atoms with Gasteiger partial charge in [-0.05, 0) is 25.8 Å². The molecule has 63 valence electrons. The molecule has 2 aliphatic heterocycles. The van der Waals surface area contributed by atoms with Gasteiger partial charge in [-0.15, -0.1) is 0 Å². The zero-order valence-electron chi connectivity index (χ0n) is 6.83. The standard InChI is InChI=1S/C8H15N2O/c1-6(11)10-3-2-7-4-9-5-8(7)10/h3,6-9,11H,2,4-5H2,1H3. The molecule has 0 bridgehead atoms. The van der Waals surface area contributed by atoms with Crippen LogP contribution in [0.5, 0.6) is 0 Å². The molecule has 0 aromatic rings. The average molecular weight is 155 g/mol. The number of nitrogens with one attached hydrogen (secondary N) is 1. The van der Waals surface area contributed by atoms with Gasteiger partial charge in [0.1, 0.15) is 6.23 Å². The second kappa shape index (κ2) is 2.73. The minimum atomic E-state index is -0.315. The molecule has 11 heavy (non-hydrogen) atoms. The van der Waals surface area contributed by atoms with Crippen molar-refractivity contribution in [3.63, 3.8) is 0 Å². The van der Waals surface area contributed by atoms with E-state index in [9.17, 15) is 5.11 Å². The fourth-order valence-corrected chi connectivity index (χ4v) is 2.13. The van der Waals surface area contributed by atoms with Crippen LogP contribution in [0.4, 0.5) is 0 Å². The van der Waals surface area contributed by atoms with Crippen molar-refractivity contribution in [2.24, 2.45) is 5.92 Å². The van der Waals surface area contributed by atoms with E-state index in [1.54, 1.807) is 0 Å². The molecule has 2 rings (SSSR count). The van der Waals surface area contributed by atoms with E-state index < -0.39 is 0 Å². The van der Waals surface area contributed by atoms with E-state index in [-0.39, 0.29) is 6.23 Å². The van der Waals surface area contributed by atoms with Gasteiger partial charge in [-0.3, -0.25) is 4.90 Å². The molecule has 3 unspecified atom stereocenters. The number of likely N-dealkylation sites (tertiary alicyclic amines) is 1. The number of rotatable bonds is 1. The highest BCUT2D eigenvalue weighted by molar-refractivity contribution is 4.99. The van der Waals surface area contributed by atoms with Crippen molar-refractivity contribution >= 4 is 0 Å². The summed E-state index contributed by atoms with van der Waals surface area (Å²) in [5.41, 5.74) is 0. The third kappa shape index (κ3) is 1.17. The maximum Gasteiger partial charge on any atom is 0.105 e. The van der Waals surface area contributed by atoms with Crippen molar-refractivity contribution in [1.82, 2.24) is 10.2 Å². The third-order valence-electron chi connectivity index (χ3n) is 2.74. The van der Waals surface area contributed by atoms with Crippen molar-refractivity contribution < 1.29 is 5.11 Å². The number of hydrogen-bond acceptors (Lipinski definition) is 3. The lowest BCUT2D eigenvalue weighted by Gasteiger charge is -2.25. The van der Waals surface area contributed by atoms with Gasteiger partial charge >= 0.3 is 0 Å². The Hall–Kier alpha value is -0.120. The molecule has 2 aliphatic rings. The number of aliphatic hydroxyl groups is 1. The van der Waals surface area contributed by atoms with Crippen LogP contribution in [-0.4, -0.2) is 35.4 Å². The van der Waals surface area contributed by atoms with Crippen LogP contribution in [0, 0.1) is 12.5 Å². The second-order valence-electron chi connectivity index (χ2n) is 3.48. The molecule has 3 nitrogen and oxygen atoms in total. The first kappa shape index (κ1) is 7.53. The van der Waals surface area contributed by atoms with Gasteiger partial charge in [0.2, 0.25) is 0 Å². The van der Waals surface area contributed by atoms with E-state index in [4.69, 9.17) is 0 Å². The highest BCUT2D eigenvalue weighted by atomic mass is 16.3. The fraction of sp³-hybridized carbons (Fsp3) is 0.875. The normalized spacial score (nSPS) is 40.9. The van der Waals surface area contributed by atoms with E-state index in [1.165, 1.54) is 0 Å². The summed E-state index contributed by atoms with van der Waals surface area (Å²) in [6.07, 6.45) is 0.813. The first-order valence-electron chi connectivity index (χ1n) is 4.28. The maximum atomic E-state index is 9.37. The summed E-state index contributed by atoms with van der Waals surface area (Å²) in [4.78, 5) is 2.07. The topological polar surface area (TPSA) is 35.5 Å². The van der Waals surface area contributed by atoms with Crippen LogP contribution in [0.3, 0.4) is 0 Å². The van der Waals surface area contributed by atoms with Crippen molar-refractivity contribution in [3.05, 3.63) is 6.54 Å². The van der Waals surface area contributed by atoms with Crippen LogP contribution < -0.4 is 5.32 Å². The lowest BCUT2D eigenvalue weighted by Crippen LogP contribution is -2.38. The molecule has 2 saturated heterocycles. The SMILES string of the molecule is CC(O)N1[CH]CC2CNCC21. The van der Waals surface area contributed by atoms with Gasteiger partial charge in [0.15, 0.2) is 0 Å². The van der Waals surface area contributed by atoms with Crippen LogP contribution in [0.15, 0.2) is 0 Å². The Bertz CT molecular complexity index is 149. The summed E-state index contributed by atoms with van der Waals surface area (Å²) in [6, 6.07) is 0.551.